The number of benzene rings is 1. The topological polar surface area (TPSA) is 195 Å². The second-order valence-corrected chi connectivity index (χ2v) is 20.2. The maximum Gasteiger partial charge on any atom is 0.408 e. The molecular formula is C42H56F2N6O9S. The summed E-state index contributed by atoms with van der Waals surface area (Å²) in [4.78, 5) is 68.3. The van der Waals surface area contributed by atoms with Crippen molar-refractivity contribution in [3.05, 3.63) is 23.9 Å². The smallest absolute Gasteiger partial charge is 0.408 e. The third-order valence-corrected chi connectivity index (χ3v) is 16.1. The van der Waals surface area contributed by atoms with Gasteiger partial charge in [-0.2, -0.15) is 0 Å². The zero-order chi connectivity index (χ0) is 42.6. The number of carbonyl (C=O) groups excluding carboxylic acids is 4. The van der Waals surface area contributed by atoms with E-state index < -0.39 is 87.0 Å². The molecule has 0 radical (unpaired) electrons. The van der Waals surface area contributed by atoms with E-state index in [0.717, 1.165) is 51.4 Å². The maximum absolute atomic E-state index is 15.1. The number of amides is 4. The molecule has 2 aromatic rings. The van der Waals surface area contributed by atoms with Gasteiger partial charge in [0.05, 0.1) is 35.4 Å². The molecule has 3 heterocycles. The maximum atomic E-state index is 15.1. The number of alkyl carbamates (subject to hydrolysis) is 1. The van der Waals surface area contributed by atoms with E-state index >= 15 is 4.79 Å². The highest BCUT2D eigenvalue weighted by Gasteiger charge is 2.68. The van der Waals surface area contributed by atoms with Gasteiger partial charge in [0.25, 0.3) is 5.91 Å². The fourth-order valence-corrected chi connectivity index (χ4v) is 10.9. The normalized spacial score (nSPS) is 32.0. The quantitative estimate of drug-likeness (QED) is 0.309. The van der Waals surface area contributed by atoms with Gasteiger partial charge in [0, 0.05) is 12.0 Å². The Labute approximate surface area is 348 Å². The van der Waals surface area contributed by atoms with E-state index in [1.165, 1.54) is 11.8 Å². The van der Waals surface area contributed by atoms with Gasteiger partial charge in [-0.15, -0.1) is 0 Å². The first-order chi connectivity index (χ1) is 28.7. The van der Waals surface area contributed by atoms with Gasteiger partial charge in [0.1, 0.15) is 41.3 Å². The number of halogens is 2. The molecule has 8 rings (SSSR count). The fraction of sp³-hybridized carbons (Fsp3) is 0.714. The Bertz CT molecular complexity index is 2120. The Morgan fingerprint density at radius 1 is 1.00 bits per heavy atom. The van der Waals surface area contributed by atoms with Crippen molar-refractivity contribution in [3.8, 4) is 11.6 Å². The summed E-state index contributed by atoms with van der Waals surface area (Å²) in [6.45, 7) is 3.14. The van der Waals surface area contributed by atoms with Gasteiger partial charge >= 0.3 is 6.09 Å². The third-order valence-electron chi connectivity index (χ3n) is 14.0. The summed E-state index contributed by atoms with van der Waals surface area (Å²) in [7, 11) is -2.69. The van der Waals surface area contributed by atoms with Crippen LogP contribution in [0.1, 0.15) is 109 Å². The summed E-state index contributed by atoms with van der Waals surface area (Å²) < 4.78 is 73.9. The van der Waals surface area contributed by atoms with Gasteiger partial charge in [-0.05, 0) is 95.1 Å². The average molecular weight is 859 g/mol. The van der Waals surface area contributed by atoms with Crippen LogP contribution in [0.3, 0.4) is 0 Å². The summed E-state index contributed by atoms with van der Waals surface area (Å²) in [5, 5.41) is 5.43. The Kier molecular flexibility index (Phi) is 11.6. The van der Waals surface area contributed by atoms with Crippen LogP contribution >= 0.6 is 0 Å². The lowest BCUT2D eigenvalue weighted by Gasteiger charge is -2.35. The van der Waals surface area contributed by atoms with Gasteiger partial charge in [-0.3, -0.25) is 19.1 Å². The van der Waals surface area contributed by atoms with Gasteiger partial charge in [0.2, 0.25) is 34.1 Å². The molecule has 6 aliphatic rings. The molecule has 4 saturated carbocycles. The molecule has 18 heteroatoms. The van der Waals surface area contributed by atoms with Crippen molar-refractivity contribution in [3.63, 3.8) is 0 Å². The molecule has 4 aliphatic carbocycles. The molecule has 0 unspecified atom stereocenters. The number of nitrogens with zero attached hydrogens (tertiary/aromatic N) is 3. The van der Waals surface area contributed by atoms with E-state index in [4.69, 9.17) is 24.2 Å². The summed E-state index contributed by atoms with van der Waals surface area (Å²) >= 11 is 0. The highest BCUT2D eigenvalue weighted by atomic mass is 32.2. The number of hydrogen-bond acceptors (Lipinski definition) is 11. The number of aryl methyl sites for hydroxylation is 1. The van der Waals surface area contributed by atoms with Crippen LogP contribution in [0.4, 0.5) is 13.6 Å². The minimum Gasteiger partial charge on any atom is -0.497 e. The van der Waals surface area contributed by atoms with E-state index in [-0.39, 0.29) is 36.8 Å². The molecule has 15 nitrogen and oxygen atoms in total. The standard InChI is InChI=1S/C42H56F2N6O9S/c1-4-26-32-22-50(34(26)36(51)48-42(21-27(42)35(43)44)39(53)49-60(55,56)41(2)17-18-41)38(52)33(23-11-7-5-8-12-23)47-40(54)59-31-19-24(31)13-9-6-10-14-29-37(58-32)46-30-20-25(57-3)15-16-28(30)45-29/h15-16,20,23-24,26-27,31-35H,4-14,17-19,21-22H2,1-3H3,(H,47,54)(H,48,51)(H,49,53)/t24-,26-,27+,31-,32+,33+,34+,42-/m1/s1. The molecule has 3 N–H and O–H groups in total. The molecule has 328 valence electrons. The predicted octanol–water partition coefficient (Wildman–Crippen LogP) is 4.94. The minimum absolute atomic E-state index is 0.137. The van der Waals surface area contributed by atoms with Crippen molar-refractivity contribution in [1.29, 1.82) is 0 Å². The van der Waals surface area contributed by atoms with Crippen molar-refractivity contribution in [2.45, 2.75) is 151 Å². The van der Waals surface area contributed by atoms with Crippen molar-refractivity contribution in [2.24, 2.45) is 23.7 Å². The van der Waals surface area contributed by atoms with Crippen LogP contribution < -0.4 is 24.8 Å². The third kappa shape index (κ3) is 8.33. The molecule has 1 saturated heterocycles. The summed E-state index contributed by atoms with van der Waals surface area (Å²) in [6, 6.07) is 2.93. The molecule has 2 bridgehead atoms. The van der Waals surface area contributed by atoms with E-state index in [1.807, 2.05) is 17.7 Å². The largest absolute Gasteiger partial charge is 0.497 e. The SMILES string of the molecule is CC[C@@H]1[C@@H]2CN(C(=O)[C@H](C3CCCCC3)NC(=O)O[C@@H]3C[C@H]3CCCCCc3nc4ccc(OC)cc4nc3O2)[C@@H]1C(=O)N[C@]1(C(=O)NS(=O)(=O)C2(C)CC2)C[C@H]1C(F)F. The van der Waals surface area contributed by atoms with Crippen LogP contribution in [0.15, 0.2) is 18.2 Å². The van der Waals surface area contributed by atoms with Crippen molar-refractivity contribution in [1.82, 2.24) is 30.2 Å². The molecule has 60 heavy (non-hydrogen) atoms. The van der Waals surface area contributed by atoms with Crippen LogP contribution in [0.2, 0.25) is 0 Å². The molecular weight excluding hydrogens is 803 g/mol. The predicted molar refractivity (Wildman–Crippen MR) is 214 cm³/mol. The highest BCUT2D eigenvalue weighted by Crippen LogP contribution is 2.50. The van der Waals surface area contributed by atoms with E-state index in [0.29, 0.717) is 54.6 Å². The number of sulfonamides is 1. The zero-order valence-electron chi connectivity index (χ0n) is 34.4. The Morgan fingerprint density at radius 2 is 1.72 bits per heavy atom. The molecule has 1 aromatic heterocycles. The number of carbonyl (C=O) groups is 4. The number of hydrogen-bond donors (Lipinski definition) is 3. The molecule has 1 aromatic carbocycles. The monoisotopic (exact) mass is 858 g/mol. The van der Waals surface area contributed by atoms with Gasteiger partial charge in [-0.1, -0.05) is 39.0 Å². The molecule has 8 atom stereocenters. The summed E-state index contributed by atoms with van der Waals surface area (Å²) in [5.74, 6) is -4.37. The second-order valence-electron chi connectivity index (χ2n) is 18.0. The van der Waals surface area contributed by atoms with Gasteiger partial charge < -0.3 is 29.7 Å². The van der Waals surface area contributed by atoms with E-state index in [1.54, 1.807) is 19.2 Å². The lowest BCUT2D eigenvalue weighted by Crippen LogP contribution is -2.60. The van der Waals surface area contributed by atoms with E-state index in [2.05, 4.69) is 10.6 Å². The van der Waals surface area contributed by atoms with Gasteiger partial charge in [0.15, 0.2) is 0 Å². The zero-order valence-corrected chi connectivity index (χ0v) is 35.2. The highest BCUT2D eigenvalue weighted by molar-refractivity contribution is 7.91. The lowest BCUT2D eigenvalue weighted by atomic mass is 9.83. The van der Waals surface area contributed by atoms with Crippen LogP contribution in [0.25, 0.3) is 11.0 Å². The van der Waals surface area contributed by atoms with Crippen LogP contribution in [0.5, 0.6) is 11.6 Å². The number of aromatic nitrogens is 2. The van der Waals surface area contributed by atoms with Crippen LogP contribution in [-0.2, 0) is 35.6 Å². The molecule has 0 spiro atoms. The van der Waals surface area contributed by atoms with Crippen molar-refractivity contribution < 1.29 is 50.6 Å². The van der Waals surface area contributed by atoms with Crippen LogP contribution in [-0.4, -0.2) is 102 Å². The van der Waals surface area contributed by atoms with E-state index in [9.17, 15) is 31.6 Å². The molecule has 4 amide bonds. The van der Waals surface area contributed by atoms with Crippen LogP contribution in [0, 0.1) is 23.7 Å². The minimum atomic E-state index is -4.24. The average Bonchev–Trinajstić information content (AvgIpc) is 4.18. The van der Waals surface area contributed by atoms with Crippen molar-refractivity contribution >= 4 is 44.9 Å². The molecule has 5 fully saturated rings. The summed E-state index contributed by atoms with van der Waals surface area (Å²) in [6.07, 6.45) is 4.19. The van der Waals surface area contributed by atoms with Crippen molar-refractivity contribution in [2.75, 3.05) is 13.7 Å². The Morgan fingerprint density at radius 3 is 2.38 bits per heavy atom. The summed E-state index contributed by atoms with van der Waals surface area (Å²) in [5.41, 5.74) is -0.480. The number of fused-ring (bicyclic) bond motifs is 5. The lowest BCUT2D eigenvalue weighted by molar-refractivity contribution is -0.143. The first kappa shape index (κ1) is 42.3. The molecule has 2 aliphatic heterocycles. The van der Waals surface area contributed by atoms with Gasteiger partial charge in [-0.25, -0.2) is 32.0 Å². The Balaban J connectivity index is 1.17. The fourth-order valence-electron chi connectivity index (χ4n) is 9.63. The second kappa shape index (κ2) is 16.5. The number of ether oxygens (including phenoxy) is 3. The number of methoxy groups -OCH3 is 1. The number of alkyl halides is 2. The number of nitrogens with one attached hydrogen (secondary N) is 3. The first-order valence-corrected chi connectivity index (χ1v) is 23.1. The Hall–Kier alpha value is -4.35. The number of rotatable bonds is 9. The first-order valence-electron chi connectivity index (χ1n) is 21.6.